The van der Waals surface area contributed by atoms with Crippen LogP contribution in [0.3, 0.4) is 0 Å². The first kappa shape index (κ1) is 18.1. The van der Waals surface area contributed by atoms with Crippen molar-refractivity contribution in [2.45, 2.75) is 18.2 Å². The van der Waals surface area contributed by atoms with Crippen molar-refractivity contribution in [3.8, 4) is 5.75 Å². The van der Waals surface area contributed by atoms with Gasteiger partial charge in [0.05, 0.1) is 25.7 Å². The average Bonchev–Trinajstić information content (AvgIpc) is 3.32. The van der Waals surface area contributed by atoms with Gasteiger partial charge in [-0.25, -0.2) is 0 Å². The van der Waals surface area contributed by atoms with E-state index in [4.69, 9.17) is 9.15 Å². The van der Waals surface area contributed by atoms with Gasteiger partial charge in [-0.05, 0) is 29.8 Å². The van der Waals surface area contributed by atoms with E-state index in [0.29, 0.717) is 18.2 Å². The van der Waals surface area contributed by atoms with Crippen LogP contribution in [0, 0.1) is 0 Å². The summed E-state index contributed by atoms with van der Waals surface area (Å²) in [5.74, 6) is 1.90. The Kier molecular flexibility index (Phi) is 5.96. The Hall–Kier alpha value is -2.74. The molecule has 0 aliphatic rings. The number of thioether (sulfide) groups is 1. The van der Waals surface area contributed by atoms with Gasteiger partial charge in [-0.15, -0.1) is 10.2 Å². The summed E-state index contributed by atoms with van der Waals surface area (Å²) in [5, 5.41) is 8.69. The summed E-state index contributed by atoms with van der Waals surface area (Å²) in [7, 11) is 3.42. The van der Waals surface area contributed by atoms with E-state index in [-0.39, 0.29) is 11.7 Å². The van der Waals surface area contributed by atoms with Crippen molar-refractivity contribution in [1.29, 1.82) is 0 Å². The standard InChI is InChI=1S/C18H20N4O3S/c1-21(10-14-5-3-6-15(9-14)24-2)17(23)12-26-18-20-19-13-22(18)11-16-7-4-8-25-16/h3-9,13H,10-12H2,1-2H3. The molecule has 2 aromatic heterocycles. The first-order chi connectivity index (χ1) is 12.7. The van der Waals surface area contributed by atoms with Crippen LogP contribution in [-0.4, -0.2) is 45.5 Å². The monoisotopic (exact) mass is 372 g/mol. The van der Waals surface area contributed by atoms with Gasteiger partial charge < -0.3 is 18.6 Å². The van der Waals surface area contributed by atoms with E-state index in [1.54, 1.807) is 31.6 Å². The minimum atomic E-state index is 0.0189. The fraction of sp³-hybridized carbons (Fsp3) is 0.278. The van der Waals surface area contributed by atoms with Gasteiger partial charge in [0.1, 0.15) is 17.8 Å². The number of rotatable bonds is 8. The number of carbonyl (C=O) groups excluding carboxylic acids is 1. The van der Waals surface area contributed by atoms with Crippen molar-refractivity contribution in [2.75, 3.05) is 19.9 Å². The summed E-state index contributed by atoms with van der Waals surface area (Å²) in [6, 6.07) is 11.4. The van der Waals surface area contributed by atoms with Crippen LogP contribution in [0.1, 0.15) is 11.3 Å². The van der Waals surface area contributed by atoms with E-state index < -0.39 is 0 Å². The number of methoxy groups -OCH3 is 1. The van der Waals surface area contributed by atoms with Gasteiger partial charge in [0, 0.05) is 13.6 Å². The smallest absolute Gasteiger partial charge is 0.233 e. The Bertz CT molecular complexity index is 848. The van der Waals surface area contributed by atoms with Gasteiger partial charge in [0.15, 0.2) is 5.16 Å². The van der Waals surface area contributed by atoms with Gasteiger partial charge >= 0.3 is 0 Å². The third-order valence-corrected chi connectivity index (χ3v) is 4.76. The summed E-state index contributed by atoms with van der Waals surface area (Å²) < 4.78 is 12.4. The van der Waals surface area contributed by atoms with Gasteiger partial charge in [-0.1, -0.05) is 23.9 Å². The third kappa shape index (κ3) is 4.66. The lowest BCUT2D eigenvalue weighted by Gasteiger charge is -2.17. The van der Waals surface area contributed by atoms with Crippen molar-refractivity contribution < 1.29 is 13.9 Å². The highest BCUT2D eigenvalue weighted by molar-refractivity contribution is 7.99. The molecule has 3 rings (SSSR count). The molecule has 0 saturated heterocycles. The molecule has 0 unspecified atom stereocenters. The zero-order valence-electron chi connectivity index (χ0n) is 14.7. The fourth-order valence-electron chi connectivity index (χ4n) is 2.40. The molecule has 0 N–H and O–H groups in total. The zero-order valence-corrected chi connectivity index (χ0v) is 15.5. The maximum atomic E-state index is 12.4. The first-order valence-corrected chi connectivity index (χ1v) is 9.04. The quantitative estimate of drug-likeness (QED) is 0.566. The lowest BCUT2D eigenvalue weighted by atomic mass is 10.2. The van der Waals surface area contributed by atoms with Crippen molar-refractivity contribution in [1.82, 2.24) is 19.7 Å². The molecule has 26 heavy (non-hydrogen) atoms. The second kappa shape index (κ2) is 8.57. The van der Waals surface area contributed by atoms with Crippen LogP contribution in [0.4, 0.5) is 0 Å². The Labute approximate surface area is 156 Å². The predicted octanol–water partition coefficient (Wildman–Crippen LogP) is 2.68. The van der Waals surface area contributed by atoms with Gasteiger partial charge in [0.2, 0.25) is 5.91 Å². The molecule has 1 amide bonds. The molecule has 0 aliphatic heterocycles. The van der Waals surface area contributed by atoms with Crippen LogP contribution in [0.15, 0.2) is 58.6 Å². The fourth-order valence-corrected chi connectivity index (χ4v) is 3.26. The SMILES string of the molecule is COc1cccc(CN(C)C(=O)CSc2nncn2Cc2ccco2)c1. The van der Waals surface area contributed by atoms with E-state index in [2.05, 4.69) is 10.2 Å². The molecule has 8 heteroatoms. The lowest BCUT2D eigenvalue weighted by molar-refractivity contribution is -0.127. The highest BCUT2D eigenvalue weighted by atomic mass is 32.2. The molecule has 2 heterocycles. The molecule has 0 spiro atoms. The van der Waals surface area contributed by atoms with E-state index in [9.17, 15) is 4.79 Å². The van der Waals surface area contributed by atoms with Crippen LogP contribution in [0.25, 0.3) is 0 Å². The molecule has 0 radical (unpaired) electrons. The molecular weight excluding hydrogens is 352 g/mol. The second-order valence-electron chi connectivity index (χ2n) is 5.71. The summed E-state index contributed by atoms with van der Waals surface area (Å²) in [4.78, 5) is 14.1. The Morgan fingerprint density at radius 2 is 2.23 bits per heavy atom. The van der Waals surface area contributed by atoms with Crippen molar-refractivity contribution in [3.05, 3.63) is 60.3 Å². The second-order valence-corrected chi connectivity index (χ2v) is 6.65. The maximum absolute atomic E-state index is 12.4. The molecule has 0 fully saturated rings. The minimum absolute atomic E-state index is 0.0189. The van der Waals surface area contributed by atoms with E-state index in [1.807, 2.05) is 41.0 Å². The topological polar surface area (TPSA) is 73.4 Å². The summed E-state index contributed by atoms with van der Waals surface area (Å²) in [6.07, 6.45) is 3.26. The lowest BCUT2D eigenvalue weighted by Crippen LogP contribution is -2.27. The summed E-state index contributed by atoms with van der Waals surface area (Å²) in [5.41, 5.74) is 1.02. The summed E-state index contributed by atoms with van der Waals surface area (Å²) in [6.45, 7) is 1.06. The Morgan fingerprint density at radius 1 is 1.35 bits per heavy atom. The number of carbonyl (C=O) groups is 1. The summed E-state index contributed by atoms with van der Waals surface area (Å²) >= 11 is 1.36. The zero-order chi connectivity index (χ0) is 18.4. The van der Waals surface area contributed by atoms with Crippen LogP contribution in [-0.2, 0) is 17.9 Å². The van der Waals surface area contributed by atoms with Crippen molar-refractivity contribution in [3.63, 3.8) is 0 Å². The molecule has 0 atom stereocenters. The predicted molar refractivity (Wildman–Crippen MR) is 98.0 cm³/mol. The van der Waals surface area contributed by atoms with E-state index in [1.165, 1.54) is 11.8 Å². The van der Waals surface area contributed by atoms with Crippen LogP contribution < -0.4 is 4.74 Å². The molecular formula is C18H20N4O3S. The van der Waals surface area contributed by atoms with Crippen molar-refractivity contribution >= 4 is 17.7 Å². The first-order valence-electron chi connectivity index (χ1n) is 8.05. The Balaban J connectivity index is 1.54. The highest BCUT2D eigenvalue weighted by Gasteiger charge is 2.14. The third-order valence-electron chi connectivity index (χ3n) is 3.79. The molecule has 7 nitrogen and oxygen atoms in total. The molecule has 136 valence electrons. The normalized spacial score (nSPS) is 10.7. The number of amides is 1. The molecule has 0 bridgehead atoms. The van der Waals surface area contributed by atoms with Gasteiger partial charge in [0.25, 0.3) is 0 Å². The van der Waals surface area contributed by atoms with Crippen LogP contribution in [0.2, 0.25) is 0 Å². The van der Waals surface area contributed by atoms with E-state index >= 15 is 0 Å². The molecule has 1 aromatic carbocycles. The largest absolute Gasteiger partial charge is 0.497 e. The van der Waals surface area contributed by atoms with Crippen LogP contribution in [0.5, 0.6) is 5.75 Å². The van der Waals surface area contributed by atoms with E-state index in [0.717, 1.165) is 17.1 Å². The highest BCUT2D eigenvalue weighted by Crippen LogP contribution is 2.18. The van der Waals surface area contributed by atoms with Crippen molar-refractivity contribution in [2.24, 2.45) is 0 Å². The number of benzene rings is 1. The minimum Gasteiger partial charge on any atom is -0.497 e. The number of hydrogen-bond donors (Lipinski definition) is 0. The number of nitrogens with zero attached hydrogens (tertiary/aromatic N) is 4. The van der Waals surface area contributed by atoms with Gasteiger partial charge in [-0.3, -0.25) is 4.79 Å². The maximum Gasteiger partial charge on any atom is 0.233 e. The number of ether oxygens (including phenoxy) is 1. The molecule has 0 aliphatic carbocycles. The molecule has 0 saturated carbocycles. The number of aromatic nitrogens is 3. The van der Waals surface area contributed by atoms with Gasteiger partial charge in [-0.2, -0.15) is 0 Å². The molecule has 3 aromatic rings. The van der Waals surface area contributed by atoms with Crippen LogP contribution >= 0.6 is 11.8 Å². The number of furan rings is 1. The average molecular weight is 372 g/mol. The number of hydrogen-bond acceptors (Lipinski definition) is 6. The Morgan fingerprint density at radius 3 is 3.00 bits per heavy atom.